The molecule has 0 radical (unpaired) electrons. The molecule has 4 unspecified atom stereocenters. The number of carbonyl (C=O) groups excluding carboxylic acids is 3. The summed E-state index contributed by atoms with van der Waals surface area (Å²) >= 11 is 8.11. The molecular formula is C17H26N6O5S2. The normalized spacial score (nSPS) is 19.0. The molecule has 2 heterocycles. The third-order valence-corrected chi connectivity index (χ3v) is 5.52. The van der Waals surface area contributed by atoms with Crippen LogP contribution < -0.4 is 16.4 Å². The van der Waals surface area contributed by atoms with E-state index in [1.807, 2.05) is 0 Å². The van der Waals surface area contributed by atoms with Gasteiger partial charge in [0.15, 0.2) is 0 Å². The van der Waals surface area contributed by atoms with E-state index in [-0.39, 0.29) is 23.8 Å². The Balaban J connectivity index is 2.00. The van der Waals surface area contributed by atoms with E-state index in [1.54, 1.807) is 0 Å². The van der Waals surface area contributed by atoms with Crippen LogP contribution in [0.4, 0.5) is 0 Å². The van der Waals surface area contributed by atoms with Gasteiger partial charge in [-0.05, 0) is 12.8 Å². The third-order valence-electron chi connectivity index (χ3n) is 4.76. The number of H-pyrrole nitrogens is 1. The first-order valence-electron chi connectivity index (χ1n) is 9.37. The van der Waals surface area contributed by atoms with Gasteiger partial charge in [-0.3, -0.25) is 14.4 Å². The summed E-state index contributed by atoms with van der Waals surface area (Å²) in [5, 5.41) is 14.3. The standard InChI is InChI=1S/C17H26N6O5S2/c18-10(6-29)16(26)23-3-1-2-13(23)15(25)22-12(7-30)14(24)21-11(17(27)28)4-9-5-19-8-20-9/h5,8,10-13,29-30H,1-4,6-7,18H2,(H,19,20)(H,21,24)(H,22,25)(H,27,28). The van der Waals surface area contributed by atoms with Crippen molar-refractivity contribution >= 4 is 48.9 Å². The average molecular weight is 459 g/mol. The van der Waals surface area contributed by atoms with Crippen molar-refractivity contribution in [2.75, 3.05) is 18.1 Å². The van der Waals surface area contributed by atoms with Crippen molar-refractivity contribution in [3.63, 3.8) is 0 Å². The number of aromatic amines is 1. The first-order chi connectivity index (χ1) is 14.3. The summed E-state index contributed by atoms with van der Waals surface area (Å²) in [6.07, 6.45) is 3.94. The Bertz CT molecular complexity index is 762. The molecule has 3 amide bonds. The van der Waals surface area contributed by atoms with Crippen LogP contribution in [-0.2, 0) is 25.6 Å². The Hall–Kier alpha value is -2.25. The predicted octanol–water partition coefficient (Wildman–Crippen LogP) is -1.82. The van der Waals surface area contributed by atoms with Gasteiger partial charge < -0.3 is 31.4 Å². The summed E-state index contributed by atoms with van der Waals surface area (Å²) in [6, 6.07) is -3.85. The van der Waals surface area contributed by atoms with Gasteiger partial charge in [0, 0.05) is 36.4 Å². The molecule has 11 nitrogen and oxygen atoms in total. The van der Waals surface area contributed by atoms with Gasteiger partial charge in [0.2, 0.25) is 17.7 Å². The topological polar surface area (TPSA) is 171 Å². The minimum atomic E-state index is -1.23. The molecule has 1 saturated heterocycles. The third kappa shape index (κ3) is 6.12. The second-order valence-corrected chi connectivity index (χ2v) is 7.63. The van der Waals surface area contributed by atoms with Crippen molar-refractivity contribution in [2.45, 2.75) is 43.4 Å². The van der Waals surface area contributed by atoms with Gasteiger partial charge in [0.25, 0.3) is 0 Å². The van der Waals surface area contributed by atoms with Crippen LogP contribution in [-0.4, -0.2) is 85.9 Å². The quantitative estimate of drug-likeness (QED) is 0.202. The Kier molecular flexibility index (Phi) is 8.99. The summed E-state index contributed by atoms with van der Waals surface area (Å²) in [5.74, 6) is -2.70. The predicted molar refractivity (Wildman–Crippen MR) is 114 cm³/mol. The molecule has 13 heteroatoms. The fraction of sp³-hybridized carbons (Fsp3) is 0.588. The molecule has 0 saturated carbocycles. The van der Waals surface area contributed by atoms with Crippen LogP contribution in [0.25, 0.3) is 0 Å². The molecule has 4 atom stereocenters. The number of amides is 3. The van der Waals surface area contributed by atoms with Crippen LogP contribution in [0.15, 0.2) is 12.5 Å². The van der Waals surface area contributed by atoms with Gasteiger partial charge in [0.1, 0.15) is 18.1 Å². The molecule has 1 aliphatic rings. The number of hydrogen-bond acceptors (Lipinski definition) is 8. The number of hydrogen-bond donors (Lipinski definition) is 7. The number of carboxylic acid groups (broad SMARTS) is 1. The number of aliphatic carboxylic acids is 1. The summed E-state index contributed by atoms with van der Waals surface area (Å²) in [7, 11) is 0. The van der Waals surface area contributed by atoms with Crippen molar-refractivity contribution in [2.24, 2.45) is 5.73 Å². The number of nitrogens with two attached hydrogens (primary N) is 1. The smallest absolute Gasteiger partial charge is 0.326 e. The lowest BCUT2D eigenvalue weighted by molar-refractivity contribution is -0.142. The minimum absolute atomic E-state index is 0.000825. The summed E-state index contributed by atoms with van der Waals surface area (Å²) < 4.78 is 0. The Morgan fingerprint density at radius 2 is 2.00 bits per heavy atom. The number of carbonyl (C=O) groups is 4. The van der Waals surface area contributed by atoms with Crippen LogP contribution in [0.3, 0.4) is 0 Å². The van der Waals surface area contributed by atoms with Gasteiger partial charge in [-0.1, -0.05) is 0 Å². The highest BCUT2D eigenvalue weighted by Gasteiger charge is 2.37. The highest BCUT2D eigenvalue weighted by Crippen LogP contribution is 2.18. The average Bonchev–Trinajstić information content (AvgIpc) is 3.41. The fourth-order valence-corrected chi connectivity index (χ4v) is 3.56. The van der Waals surface area contributed by atoms with E-state index >= 15 is 0 Å². The molecule has 30 heavy (non-hydrogen) atoms. The van der Waals surface area contributed by atoms with E-state index in [4.69, 9.17) is 5.73 Å². The lowest BCUT2D eigenvalue weighted by Gasteiger charge is -2.28. The Labute approximate surface area is 184 Å². The maximum Gasteiger partial charge on any atom is 0.326 e. The number of imidazole rings is 1. The van der Waals surface area contributed by atoms with E-state index in [1.165, 1.54) is 17.4 Å². The second-order valence-electron chi connectivity index (χ2n) is 6.90. The molecule has 0 aromatic carbocycles. The highest BCUT2D eigenvalue weighted by molar-refractivity contribution is 7.80. The zero-order valence-corrected chi connectivity index (χ0v) is 17.9. The molecule has 0 aliphatic carbocycles. The maximum absolute atomic E-state index is 12.7. The van der Waals surface area contributed by atoms with E-state index < -0.39 is 42.0 Å². The summed E-state index contributed by atoms with van der Waals surface area (Å²) in [6.45, 7) is 0.390. The molecule has 1 aromatic rings. The van der Waals surface area contributed by atoms with Gasteiger partial charge in [-0.2, -0.15) is 25.3 Å². The Morgan fingerprint density at radius 3 is 2.57 bits per heavy atom. The van der Waals surface area contributed by atoms with E-state index in [0.717, 1.165) is 0 Å². The molecule has 1 aromatic heterocycles. The molecule has 2 rings (SSSR count). The number of carboxylic acids is 1. The van der Waals surface area contributed by atoms with E-state index in [9.17, 15) is 24.3 Å². The number of thiol groups is 2. The van der Waals surface area contributed by atoms with Crippen LogP contribution in [0.2, 0.25) is 0 Å². The van der Waals surface area contributed by atoms with Crippen molar-refractivity contribution in [1.29, 1.82) is 0 Å². The molecule has 1 fully saturated rings. The highest BCUT2D eigenvalue weighted by atomic mass is 32.1. The second kappa shape index (κ2) is 11.2. The largest absolute Gasteiger partial charge is 0.480 e. The van der Waals surface area contributed by atoms with Gasteiger partial charge in [0.05, 0.1) is 12.4 Å². The molecular weight excluding hydrogens is 432 g/mol. The van der Waals surface area contributed by atoms with E-state index in [0.29, 0.717) is 25.1 Å². The minimum Gasteiger partial charge on any atom is -0.480 e. The molecule has 0 bridgehead atoms. The molecule has 166 valence electrons. The number of nitrogens with one attached hydrogen (secondary N) is 3. The molecule has 6 N–H and O–H groups in total. The number of aromatic nitrogens is 2. The van der Waals surface area contributed by atoms with Crippen LogP contribution in [0.5, 0.6) is 0 Å². The van der Waals surface area contributed by atoms with Crippen molar-refractivity contribution in [3.05, 3.63) is 18.2 Å². The van der Waals surface area contributed by atoms with Gasteiger partial charge in [-0.25, -0.2) is 9.78 Å². The van der Waals surface area contributed by atoms with Crippen LogP contribution in [0, 0.1) is 0 Å². The fourth-order valence-electron chi connectivity index (χ4n) is 3.14. The lowest BCUT2D eigenvalue weighted by atomic mass is 10.1. The Morgan fingerprint density at radius 1 is 1.27 bits per heavy atom. The SMILES string of the molecule is NC(CS)C(=O)N1CCCC1C(=O)NC(CS)C(=O)NC(Cc1cnc[nH]1)C(=O)O. The number of nitrogens with zero attached hydrogens (tertiary/aromatic N) is 2. The van der Waals surface area contributed by atoms with Crippen molar-refractivity contribution in [3.8, 4) is 0 Å². The first-order valence-corrected chi connectivity index (χ1v) is 10.6. The number of rotatable bonds is 10. The van der Waals surface area contributed by atoms with Crippen molar-refractivity contribution < 1.29 is 24.3 Å². The zero-order valence-electron chi connectivity index (χ0n) is 16.2. The molecule has 0 spiro atoms. The molecule has 1 aliphatic heterocycles. The summed E-state index contributed by atoms with van der Waals surface area (Å²) in [4.78, 5) is 57.1. The van der Waals surface area contributed by atoms with Crippen LogP contribution in [0.1, 0.15) is 18.5 Å². The van der Waals surface area contributed by atoms with E-state index in [2.05, 4.69) is 45.9 Å². The van der Waals surface area contributed by atoms with Crippen molar-refractivity contribution in [1.82, 2.24) is 25.5 Å². The number of likely N-dealkylation sites (tertiary alicyclic amines) is 1. The summed E-state index contributed by atoms with van der Waals surface area (Å²) in [5.41, 5.74) is 6.27. The van der Waals surface area contributed by atoms with Gasteiger partial charge >= 0.3 is 5.97 Å². The zero-order chi connectivity index (χ0) is 22.3. The lowest BCUT2D eigenvalue weighted by Crippen LogP contribution is -2.57. The first kappa shape index (κ1) is 24.0. The van der Waals surface area contributed by atoms with Gasteiger partial charge in [-0.15, -0.1) is 0 Å². The monoisotopic (exact) mass is 458 g/mol. The maximum atomic E-state index is 12.7. The van der Waals surface area contributed by atoms with Crippen LogP contribution >= 0.6 is 25.3 Å².